The van der Waals surface area contributed by atoms with Crippen LogP contribution in [0.25, 0.3) is 0 Å². The molecule has 0 saturated heterocycles. The monoisotopic (exact) mass is 307 g/mol. The maximum absolute atomic E-state index is 13.4. The third-order valence-corrected chi connectivity index (χ3v) is 5.36. The summed E-state index contributed by atoms with van der Waals surface area (Å²) in [4.78, 5) is 3.97. The zero-order chi connectivity index (χ0) is 15.0. The Morgan fingerprint density at radius 2 is 2.14 bits per heavy atom. The molecule has 0 unspecified atom stereocenters. The van der Waals surface area contributed by atoms with Crippen LogP contribution in [0.2, 0.25) is 0 Å². The molecule has 0 amide bonds. The number of nitrogens with one attached hydrogen (secondary N) is 1. The molecule has 3 rings (SSSR count). The Kier molecular flexibility index (Phi) is 3.29. The summed E-state index contributed by atoms with van der Waals surface area (Å²) in [5, 5.41) is 2.84. The SMILES string of the molecule is CNc1ccncc1S(=O)(=O)N1CCc2ccc(F)cc21. The van der Waals surface area contributed by atoms with E-state index in [0.717, 1.165) is 5.56 Å². The van der Waals surface area contributed by atoms with Crippen LogP contribution in [0.1, 0.15) is 5.56 Å². The molecule has 0 spiro atoms. The molecule has 2 heterocycles. The molecule has 0 fully saturated rings. The Hall–Kier alpha value is -2.15. The minimum Gasteiger partial charge on any atom is -0.387 e. The predicted octanol–water partition coefficient (Wildman–Crippen LogP) is 2.01. The van der Waals surface area contributed by atoms with Gasteiger partial charge in [0.1, 0.15) is 10.7 Å². The standard InChI is InChI=1S/C14H14FN3O2S/c1-16-12-4-6-17-9-14(12)21(19,20)18-7-5-10-2-3-11(15)8-13(10)18/h2-4,6,8-9H,5,7H2,1H3,(H,16,17). The number of rotatable bonds is 3. The highest BCUT2D eigenvalue weighted by Gasteiger charge is 2.32. The van der Waals surface area contributed by atoms with Gasteiger partial charge in [-0.05, 0) is 30.2 Å². The molecule has 5 nitrogen and oxygen atoms in total. The molecule has 0 radical (unpaired) electrons. The van der Waals surface area contributed by atoms with Crippen LogP contribution in [0.15, 0.2) is 41.6 Å². The zero-order valence-corrected chi connectivity index (χ0v) is 12.2. The highest BCUT2D eigenvalue weighted by atomic mass is 32.2. The molecule has 0 atom stereocenters. The van der Waals surface area contributed by atoms with Crippen LogP contribution in [0.4, 0.5) is 15.8 Å². The molecular formula is C14H14FN3O2S. The second kappa shape index (κ2) is 5.00. The van der Waals surface area contributed by atoms with Gasteiger partial charge in [0.25, 0.3) is 10.0 Å². The first-order valence-corrected chi connectivity index (χ1v) is 7.91. The Morgan fingerprint density at radius 1 is 1.33 bits per heavy atom. The Bertz CT molecular complexity index is 793. The van der Waals surface area contributed by atoms with Gasteiger partial charge in [-0.1, -0.05) is 6.07 Å². The van der Waals surface area contributed by atoms with Crippen LogP contribution in [-0.4, -0.2) is 27.0 Å². The summed E-state index contributed by atoms with van der Waals surface area (Å²) in [6, 6.07) is 5.82. The van der Waals surface area contributed by atoms with E-state index in [-0.39, 0.29) is 4.90 Å². The number of nitrogens with zero attached hydrogens (tertiary/aromatic N) is 2. The minimum absolute atomic E-state index is 0.0876. The maximum Gasteiger partial charge on any atom is 0.267 e. The highest BCUT2D eigenvalue weighted by Crippen LogP contribution is 2.35. The van der Waals surface area contributed by atoms with Gasteiger partial charge < -0.3 is 5.32 Å². The third-order valence-electron chi connectivity index (χ3n) is 3.52. The van der Waals surface area contributed by atoms with Crippen LogP contribution in [0.5, 0.6) is 0 Å². The summed E-state index contributed by atoms with van der Waals surface area (Å²) in [7, 11) is -2.13. The molecule has 0 aliphatic carbocycles. The number of sulfonamides is 1. The fourth-order valence-electron chi connectivity index (χ4n) is 2.48. The average Bonchev–Trinajstić information content (AvgIpc) is 2.90. The molecular weight excluding hydrogens is 293 g/mol. The fraction of sp³-hybridized carbons (Fsp3) is 0.214. The van der Waals surface area contributed by atoms with Crippen molar-refractivity contribution < 1.29 is 12.8 Å². The summed E-state index contributed by atoms with van der Waals surface area (Å²) in [5.41, 5.74) is 1.70. The van der Waals surface area contributed by atoms with E-state index in [1.807, 2.05) is 0 Å². The van der Waals surface area contributed by atoms with Gasteiger partial charge in [-0.3, -0.25) is 9.29 Å². The minimum atomic E-state index is -3.77. The lowest BCUT2D eigenvalue weighted by atomic mass is 10.2. The molecule has 2 aromatic rings. The van der Waals surface area contributed by atoms with Crippen molar-refractivity contribution >= 4 is 21.4 Å². The lowest BCUT2D eigenvalue weighted by Crippen LogP contribution is -2.29. The van der Waals surface area contributed by atoms with Gasteiger partial charge in [-0.15, -0.1) is 0 Å². The van der Waals surface area contributed by atoms with E-state index >= 15 is 0 Å². The zero-order valence-electron chi connectivity index (χ0n) is 11.4. The molecule has 1 aliphatic rings. The van der Waals surface area contributed by atoms with Gasteiger partial charge in [-0.2, -0.15) is 0 Å². The summed E-state index contributed by atoms with van der Waals surface area (Å²) in [6.45, 7) is 0.305. The summed E-state index contributed by atoms with van der Waals surface area (Å²) in [5.74, 6) is -0.448. The molecule has 0 bridgehead atoms. The van der Waals surface area contributed by atoms with Crippen LogP contribution >= 0.6 is 0 Å². The van der Waals surface area contributed by atoms with E-state index < -0.39 is 15.8 Å². The number of fused-ring (bicyclic) bond motifs is 1. The molecule has 1 aliphatic heterocycles. The smallest absolute Gasteiger partial charge is 0.267 e. The van der Waals surface area contributed by atoms with Crippen LogP contribution < -0.4 is 9.62 Å². The number of benzene rings is 1. The second-order valence-corrected chi connectivity index (χ2v) is 6.55. The van der Waals surface area contributed by atoms with E-state index in [9.17, 15) is 12.8 Å². The molecule has 1 N–H and O–H groups in total. The van der Waals surface area contributed by atoms with Crippen molar-refractivity contribution in [1.82, 2.24) is 4.98 Å². The molecule has 1 aromatic carbocycles. The number of halogens is 1. The lowest BCUT2D eigenvalue weighted by Gasteiger charge is -2.21. The first kappa shape index (κ1) is 13.8. The van der Waals surface area contributed by atoms with Gasteiger partial charge in [0.15, 0.2) is 0 Å². The van der Waals surface area contributed by atoms with E-state index in [2.05, 4.69) is 10.3 Å². The van der Waals surface area contributed by atoms with Crippen LogP contribution in [-0.2, 0) is 16.4 Å². The van der Waals surface area contributed by atoms with Gasteiger partial charge in [0.05, 0.1) is 11.4 Å². The number of pyridine rings is 1. The van der Waals surface area contributed by atoms with Crippen molar-refractivity contribution in [1.29, 1.82) is 0 Å². The normalized spacial score (nSPS) is 14.1. The molecule has 0 saturated carbocycles. The van der Waals surface area contributed by atoms with Crippen molar-refractivity contribution in [3.05, 3.63) is 48.0 Å². The first-order chi connectivity index (χ1) is 10.0. The first-order valence-electron chi connectivity index (χ1n) is 6.47. The topological polar surface area (TPSA) is 62.3 Å². The van der Waals surface area contributed by atoms with Crippen molar-refractivity contribution in [3.63, 3.8) is 0 Å². The van der Waals surface area contributed by atoms with Crippen molar-refractivity contribution in [2.45, 2.75) is 11.3 Å². The average molecular weight is 307 g/mol. The Labute approximate surface area is 122 Å². The quantitative estimate of drug-likeness (QED) is 0.942. The van der Waals surface area contributed by atoms with Gasteiger partial charge in [-0.25, -0.2) is 12.8 Å². The fourth-order valence-corrected chi connectivity index (χ4v) is 4.12. The third kappa shape index (κ3) is 2.23. The number of aromatic nitrogens is 1. The van der Waals surface area contributed by atoms with E-state index in [4.69, 9.17) is 0 Å². The van der Waals surface area contributed by atoms with E-state index in [0.29, 0.717) is 24.3 Å². The second-order valence-electron chi connectivity index (χ2n) is 4.72. The molecule has 7 heteroatoms. The summed E-state index contributed by atoms with van der Waals surface area (Å²) < 4.78 is 40.3. The largest absolute Gasteiger partial charge is 0.387 e. The molecule has 110 valence electrons. The van der Waals surface area contributed by atoms with E-state index in [1.54, 1.807) is 19.2 Å². The van der Waals surface area contributed by atoms with E-state index in [1.165, 1.54) is 28.8 Å². The molecule has 21 heavy (non-hydrogen) atoms. The van der Waals surface area contributed by atoms with Crippen molar-refractivity contribution in [3.8, 4) is 0 Å². The van der Waals surface area contributed by atoms with Crippen LogP contribution in [0.3, 0.4) is 0 Å². The van der Waals surface area contributed by atoms with Gasteiger partial charge in [0, 0.05) is 26.0 Å². The summed E-state index contributed by atoms with van der Waals surface area (Å²) >= 11 is 0. The van der Waals surface area contributed by atoms with Crippen molar-refractivity contribution in [2.24, 2.45) is 0 Å². The number of hydrogen-bond donors (Lipinski definition) is 1. The highest BCUT2D eigenvalue weighted by molar-refractivity contribution is 7.93. The number of anilines is 2. The molecule has 1 aromatic heterocycles. The van der Waals surface area contributed by atoms with Gasteiger partial charge in [0.2, 0.25) is 0 Å². The predicted molar refractivity (Wildman–Crippen MR) is 78.4 cm³/mol. The van der Waals surface area contributed by atoms with Gasteiger partial charge >= 0.3 is 0 Å². The lowest BCUT2D eigenvalue weighted by molar-refractivity contribution is 0.592. The number of hydrogen-bond acceptors (Lipinski definition) is 4. The Balaban J connectivity index is 2.11. The maximum atomic E-state index is 13.4. The van der Waals surface area contributed by atoms with Crippen LogP contribution in [0, 0.1) is 5.82 Å². The summed E-state index contributed by atoms with van der Waals surface area (Å²) in [6.07, 6.45) is 3.39. The van der Waals surface area contributed by atoms with Crippen molar-refractivity contribution in [2.75, 3.05) is 23.2 Å². The Morgan fingerprint density at radius 3 is 2.90 bits per heavy atom.